The van der Waals surface area contributed by atoms with Crippen molar-refractivity contribution in [2.24, 2.45) is 0 Å². The maximum absolute atomic E-state index is 11.2. The number of hydrogen-bond acceptors (Lipinski definition) is 4. The molecule has 122 valence electrons. The Balaban J connectivity index is 2.05. The number of thioether (sulfide) groups is 1. The second kappa shape index (κ2) is 7.36. The number of carboxylic acids is 1. The fourth-order valence-corrected chi connectivity index (χ4v) is 3.30. The van der Waals surface area contributed by atoms with Gasteiger partial charge in [0.05, 0.1) is 22.6 Å². The minimum atomic E-state index is -1.07. The van der Waals surface area contributed by atoms with Gasteiger partial charge in [-0.25, -0.2) is 4.98 Å². The van der Waals surface area contributed by atoms with Crippen molar-refractivity contribution < 1.29 is 9.90 Å². The molecule has 0 aliphatic heterocycles. The van der Waals surface area contributed by atoms with E-state index in [1.54, 1.807) is 0 Å². The predicted molar refractivity (Wildman–Crippen MR) is 94.4 cm³/mol. The predicted octanol–water partition coefficient (Wildman–Crippen LogP) is 3.36. The molecular weight excluding hydrogens is 320 g/mol. The highest BCUT2D eigenvalue weighted by Gasteiger charge is 2.17. The lowest BCUT2D eigenvalue weighted by atomic mass is 10.1. The maximum atomic E-state index is 11.2. The number of nitrogens with one attached hydrogen (secondary N) is 1. The molecule has 0 saturated heterocycles. The van der Waals surface area contributed by atoms with Crippen molar-refractivity contribution in [2.75, 3.05) is 0 Å². The molecule has 0 unspecified atom stereocenters. The van der Waals surface area contributed by atoms with Crippen molar-refractivity contribution in [2.45, 2.75) is 23.8 Å². The molecule has 0 bridgehead atoms. The number of aliphatic carboxylic acids is 1. The van der Waals surface area contributed by atoms with Gasteiger partial charge in [0.1, 0.15) is 0 Å². The number of imidazole rings is 1. The Morgan fingerprint density at radius 1 is 1.08 bits per heavy atom. The van der Waals surface area contributed by atoms with Crippen LogP contribution in [0.15, 0.2) is 65.8 Å². The molecule has 0 radical (unpaired) electrons. The molecule has 4 nitrogen and oxygen atoms in total. The molecule has 0 aliphatic carbocycles. The normalized spacial score (nSPS) is 12.0. The van der Waals surface area contributed by atoms with E-state index in [1.165, 1.54) is 11.8 Å². The van der Waals surface area contributed by atoms with Gasteiger partial charge in [0.2, 0.25) is 0 Å². The highest BCUT2D eigenvalue weighted by molar-refractivity contribution is 8.00. The van der Waals surface area contributed by atoms with Gasteiger partial charge in [0.15, 0.2) is 5.16 Å². The molecule has 1 atom stereocenters. The third kappa shape index (κ3) is 3.51. The first-order valence-electron chi connectivity index (χ1n) is 7.77. The summed E-state index contributed by atoms with van der Waals surface area (Å²) >= 11 is 1.19. The van der Waals surface area contributed by atoms with E-state index in [0.717, 1.165) is 22.5 Å². The summed E-state index contributed by atoms with van der Waals surface area (Å²) in [6.07, 6.45) is 0.481. The zero-order valence-electron chi connectivity index (χ0n) is 13.2. The third-order valence-corrected chi connectivity index (χ3v) is 4.91. The van der Waals surface area contributed by atoms with Crippen LogP contribution < -0.4 is 5.11 Å². The second-order valence-electron chi connectivity index (χ2n) is 5.33. The van der Waals surface area contributed by atoms with Crippen molar-refractivity contribution >= 4 is 17.7 Å². The number of H-pyrrole nitrogens is 1. The lowest BCUT2D eigenvalue weighted by Crippen LogP contribution is -2.33. The van der Waals surface area contributed by atoms with Gasteiger partial charge in [-0.15, -0.1) is 0 Å². The minimum Gasteiger partial charge on any atom is -0.549 e. The van der Waals surface area contributed by atoms with Crippen LogP contribution in [-0.4, -0.2) is 21.2 Å². The third-order valence-electron chi connectivity index (χ3n) is 3.68. The van der Waals surface area contributed by atoms with Gasteiger partial charge in [-0.3, -0.25) is 0 Å². The minimum absolute atomic E-state index is 0.481. The average molecular weight is 337 g/mol. The van der Waals surface area contributed by atoms with E-state index in [4.69, 9.17) is 0 Å². The lowest BCUT2D eigenvalue weighted by Gasteiger charge is -2.13. The summed E-state index contributed by atoms with van der Waals surface area (Å²) in [5, 5.41) is 11.2. The average Bonchev–Trinajstić information content (AvgIpc) is 3.05. The van der Waals surface area contributed by atoms with Gasteiger partial charge in [-0.2, -0.15) is 0 Å². The van der Waals surface area contributed by atoms with Crippen LogP contribution in [0.3, 0.4) is 0 Å². The first-order valence-corrected chi connectivity index (χ1v) is 8.65. The lowest BCUT2D eigenvalue weighted by molar-refractivity contribution is -0.304. The standard InChI is InChI=1S/C19H18N2O2S/c1-2-15(18(22)23)24-19-20-16(13-9-5-3-6-10-13)17(21-19)14-11-7-4-8-12-14/h3-12,15H,2H2,1H3,(H,20,21)(H,22,23)/p-1/t15-/m0/s1. The van der Waals surface area contributed by atoms with Gasteiger partial charge in [-0.1, -0.05) is 79.3 Å². The van der Waals surface area contributed by atoms with Crippen molar-refractivity contribution in [1.29, 1.82) is 0 Å². The van der Waals surface area contributed by atoms with Crippen LogP contribution in [0.5, 0.6) is 0 Å². The number of carbonyl (C=O) groups excluding carboxylic acids is 1. The number of hydrogen-bond donors (Lipinski definition) is 1. The van der Waals surface area contributed by atoms with E-state index in [-0.39, 0.29) is 0 Å². The van der Waals surface area contributed by atoms with E-state index in [2.05, 4.69) is 9.97 Å². The molecule has 0 aliphatic rings. The summed E-state index contributed by atoms with van der Waals surface area (Å²) < 4.78 is 0. The van der Waals surface area contributed by atoms with E-state index in [0.29, 0.717) is 11.6 Å². The highest BCUT2D eigenvalue weighted by atomic mass is 32.2. The van der Waals surface area contributed by atoms with Crippen molar-refractivity contribution in [3.8, 4) is 22.5 Å². The molecule has 3 rings (SSSR count). The van der Waals surface area contributed by atoms with Crippen LogP contribution in [0.2, 0.25) is 0 Å². The Labute approximate surface area is 145 Å². The first kappa shape index (κ1) is 16.3. The van der Waals surface area contributed by atoms with Gasteiger partial charge >= 0.3 is 0 Å². The van der Waals surface area contributed by atoms with Crippen molar-refractivity contribution in [3.05, 3.63) is 60.7 Å². The largest absolute Gasteiger partial charge is 0.549 e. The van der Waals surface area contributed by atoms with Gasteiger partial charge in [-0.05, 0) is 6.42 Å². The molecule has 24 heavy (non-hydrogen) atoms. The zero-order chi connectivity index (χ0) is 16.9. The summed E-state index contributed by atoms with van der Waals surface area (Å²) in [6.45, 7) is 1.83. The van der Waals surface area contributed by atoms with E-state index < -0.39 is 11.2 Å². The smallest absolute Gasteiger partial charge is 0.167 e. The summed E-state index contributed by atoms with van der Waals surface area (Å²) in [7, 11) is 0. The van der Waals surface area contributed by atoms with Crippen LogP contribution in [-0.2, 0) is 4.79 Å². The van der Waals surface area contributed by atoms with E-state index >= 15 is 0 Å². The summed E-state index contributed by atoms with van der Waals surface area (Å²) in [4.78, 5) is 19.1. The monoisotopic (exact) mass is 337 g/mol. The van der Waals surface area contributed by atoms with Gasteiger partial charge < -0.3 is 14.9 Å². The summed E-state index contributed by atoms with van der Waals surface area (Å²) in [6, 6.07) is 19.8. The van der Waals surface area contributed by atoms with Crippen LogP contribution in [0.25, 0.3) is 22.5 Å². The summed E-state index contributed by atoms with van der Waals surface area (Å²) in [5.41, 5.74) is 3.70. The zero-order valence-corrected chi connectivity index (χ0v) is 14.0. The van der Waals surface area contributed by atoms with Crippen molar-refractivity contribution in [3.63, 3.8) is 0 Å². The Bertz CT molecular complexity index is 759. The van der Waals surface area contributed by atoms with Crippen LogP contribution in [0.1, 0.15) is 13.3 Å². The highest BCUT2D eigenvalue weighted by Crippen LogP contribution is 2.34. The fraction of sp³-hybridized carbons (Fsp3) is 0.158. The van der Waals surface area contributed by atoms with Crippen LogP contribution >= 0.6 is 11.8 Å². The second-order valence-corrected chi connectivity index (χ2v) is 6.52. The fourth-order valence-electron chi connectivity index (χ4n) is 2.46. The maximum Gasteiger partial charge on any atom is 0.167 e. The van der Waals surface area contributed by atoms with Crippen molar-refractivity contribution in [1.82, 2.24) is 9.97 Å². The molecule has 0 spiro atoms. The van der Waals surface area contributed by atoms with Crippen LogP contribution in [0, 0.1) is 0 Å². The molecule has 1 aromatic heterocycles. The molecule has 3 aromatic rings. The topological polar surface area (TPSA) is 68.8 Å². The Morgan fingerprint density at radius 3 is 2.21 bits per heavy atom. The molecule has 5 heteroatoms. The molecular formula is C19H17N2O2S-. The number of aromatic nitrogens is 2. The number of carboxylic acid groups (broad SMARTS) is 1. The Kier molecular flexibility index (Phi) is 5.01. The first-order chi connectivity index (χ1) is 11.7. The Morgan fingerprint density at radius 2 is 1.67 bits per heavy atom. The van der Waals surface area contributed by atoms with Gasteiger partial charge in [0, 0.05) is 11.1 Å². The number of carbonyl (C=O) groups is 1. The Hall–Kier alpha value is -2.53. The number of benzene rings is 2. The molecule has 0 fully saturated rings. The SMILES string of the molecule is CC[C@H](Sc1nc(-c2ccccc2)c(-c2ccccc2)[nH]1)C(=O)[O-]. The number of nitrogens with zero attached hydrogens (tertiary/aromatic N) is 1. The number of aromatic amines is 1. The van der Waals surface area contributed by atoms with E-state index in [9.17, 15) is 9.90 Å². The molecule has 1 heterocycles. The molecule has 2 aromatic carbocycles. The molecule has 1 N–H and O–H groups in total. The molecule has 0 amide bonds. The van der Waals surface area contributed by atoms with Gasteiger partial charge in [0.25, 0.3) is 0 Å². The quantitative estimate of drug-likeness (QED) is 0.700. The van der Waals surface area contributed by atoms with Crippen LogP contribution in [0.4, 0.5) is 0 Å². The number of rotatable bonds is 6. The summed E-state index contributed by atoms with van der Waals surface area (Å²) in [5.74, 6) is -1.07. The molecule has 0 saturated carbocycles. The van der Waals surface area contributed by atoms with E-state index in [1.807, 2.05) is 67.6 Å².